The molecule has 2 rings (SSSR count). The van der Waals surface area contributed by atoms with Gasteiger partial charge in [0.25, 0.3) is 5.69 Å². The van der Waals surface area contributed by atoms with Gasteiger partial charge in [0.1, 0.15) is 6.61 Å². The molecule has 1 atom stereocenters. The van der Waals surface area contributed by atoms with Crippen LogP contribution in [0.15, 0.2) is 47.7 Å². The van der Waals surface area contributed by atoms with E-state index in [1.807, 2.05) is 0 Å². The Bertz CT molecular complexity index is 722. The summed E-state index contributed by atoms with van der Waals surface area (Å²) in [5.74, 6) is -0.568. The maximum atomic E-state index is 12.3. The van der Waals surface area contributed by atoms with Crippen LogP contribution in [0.3, 0.4) is 0 Å². The van der Waals surface area contributed by atoms with Crippen molar-refractivity contribution in [1.82, 2.24) is 10.6 Å². The van der Waals surface area contributed by atoms with Gasteiger partial charge in [-0.05, 0) is 31.5 Å². The minimum absolute atomic E-state index is 0.0723. The number of non-ortho nitro benzene ring substituents is 1. The van der Waals surface area contributed by atoms with Crippen LogP contribution in [0.2, 0.25) is 0 Å². The molecule has 0 bridgehead atoms. The van der Waals surface area contributed by atoms with Crippen molar-refractivity contribution in [1.29, 1.82) is 0 Å². The lowest BCUT2D eigenvalue weighted by Gasteiger charge is -2.28. The van der Waals surface area contributed by atoms with Gasteiger partial charge in [0.15, 0.2) is 0 Å². The van der Waals surface area contributed by atoms with Crippen molar-refractivity contribution in [2.24, 2.45) is 0 Å². The van der Waals surface area contributed by atoms with Gasteiger partial charge in [0.2, 0.25) is 0 Å². The first-order valence-corrected chi connectivity index (χ1v) is 7.25. The lowest BCUT2D eigenvalue weighted by Crippen LogP contribution is -2.45. The Morgan fingerprint density at radius 1 is 1.38 bits per heavy atom. The molecule has 0 aromatic heterocycles. The number of carbonyl (C=O) groups is 2. The number of esters is 1. The molecule has 2 amide bonds. The standard InChI is InChI=1S/C16H17N3O5/c1-3-4-9-24-15(20)13-10(2)17-16(21)18-14(13)11-5-7-12(8-6-11)19(22)23/h3-8,14H,9H2,1-2H3,(H2,17,18,21)/b4-3+. The SMILES string of the molecule is C/C=C/COC(=O)C1=C(C)NC(=O)NC1c1ccc([N+](=O)[O-])cc1. The van der Waals surface area contributed by atoms with Crippen molar-refractivity contribution in [3.05, 3.63) is 63.4 Å². The minimum Gasteiger partial charge on any atom is -0.458 e. The summed E-state index contributed by atoms with van der Waals surface area (Å²) in [4.78, 5) is 34.3. The molecule has 8 nitrogen and oxygen atoms in total. The molecule has 2 N–H and O–H groups in total. The smallest absolute Gasteiger partial charge is 0.338 e. The van der Waals surface area contributed by atoms with Crippen LogP contribution in [0.4, 0.5) is 10.5 Å². The van der Waals surface area contributed by atoms with Crippen LogP contribution < -0.4 is 10.6 Å². The molecule has 8 heteroatoms. The third kappa shape index (κ3) is 3.78. The average molecular weight is 331 g/mol. The minimum atomic E-state index is -0.738. The molecular formula is C16H17N3O5. The zero-order valence-electron chi connectivity index (χ0n) is 13.2. The van der Waals surface area contributed by atoms with Gasteiger partial charge in [-0.25, -0.2) is 9.59 Å². The van der Waals surface area contributed by atoms with E-state index >= 15 is 0 Å². The molecule has 1 aliphatic rings. The largest absolute Gasteiger partial charge is 0.458 e. The van der Waals surface area contributed by atoms with E-state index in [1.54, 1.807) is 26.0 Å². The van der Waals surface area contributed by atoms with Gasteiger partial charge in [0.05, 0.1) is 16.5 Å². The third-order valence-corrected chi connectivity index (χ3v) is 3.47. The van der Waals surface area contributed by atoms with Gasteiger partial charge in [0, 0.05) is 17.8 Å². The number of ether oxygens (including phenoxy) is 1. The van der Waals surface area contributed by atoms with Crippen molar-refractivity contribution in [2.75, 3.05) is 6.61 Å². The molecule has 0 saturated carbocycles. The lowest BCUT2D eigenvalue weighted by molar-refractivity contribution is -0.384. The molecule has 0 spiro atoms. The summed E-state index contributed by atoms with van der Waals surface area (Å²) in [5, 5.41) is 15.9. The highest BCUT2D eigenvalue weighted by molar-refractivity contribution is 5.95. The van der Waals surface area contributed by atoms with Crippen LogP contribution in [0.1, 0.15) is 25.5 Å². The third-order valence-electron chi connectivity index (χ3n) is 3.47. The Kier molecular flexibility index (Phi) is 5.31. The molecule has 1 heterocycles. The van der Waals surface area contributed by atoms with Crippen LogP contribution in [0.25, 0.3) is 0 Å². The summed E-state index contributed by atoms with van der Waals surface area (Å²) in [7, 11) is 0. The molecule has 1 aromatic carbocycles. The summed E-state index contributed by atoms with van der Waals surface area (Å²) in [5.41, 5.74) is 1.12. The Hall–Kier alpha value is -3.16. The number of nitrogens with one attached hydrogen (secondary N) is 2. The topological polar surface area (TPSA) is 111 Å². The molecule has 0 saturated heterocycles. The maximum Gasteiger partial charge on any atom is 0.338 e. The quantitative estimate of drug-likeness (QED) is 0.372. The van der Waals surface area contributed by atoms with E-state index in [0.717, 1.165) is 0 Å². The zero-order chi connectivity index (χ0) is 17.7. The van der Waals surface area contributed by atoms with Gasteiger partial charge < -0.3 is 15.4 Å². The average Bonchev–Trinajstić information content (AvgIpc) is 2.54. The van der Waals surface area contributed by atoms with E-state index in [1.165, 1.54) is 24.3 Å². The first-order chi connectivity index (χ1) is 11.4. The number of nitrogens with zero attached hydrogens (tertiary/aromatic N) is 1. The monoisotopic (exact) mass is 331 g/mol. The number of hydrogen-bond donors (Lipinski definition) is 2. The summed E-state index contributed by atoms with van der Waals surface area (Å²) in [6, 6.07) is 4.45. The number of carbonyl (C=O) groups excluding carboxylic acids is 2. The van der Waals surface area contributed by atoms with E-state index in [-0.39, 0.29) is 17.9 Å². The number of allylic oxidation sites excluding steroid dienone is 2. The van der Waals surface area contributed by atoms with Crippen LogP contribution in [0, 0.1) is 10.1 Å². The fourth-order valence-corrected chi connectivity index (χ4v) is 2.30. The molecule has 126 valence electrons. The van der Waals surface area contributed by atoms with Gasteiger partial charge in [-0.3, -0.25) is 10.1 Å². The Balaban J connectivity index is 2.33. The molecular weight excluding hydrogens is 314 g/mol. The molecule has 1 aliphatic heterocycles. The van der Waals surface area contributed by atoms with Gasteiger partial charge in [-0.1, -0.05) is 12.2 Å². The number of rotatable bonds is 5. The zero-order valence-corrected chi connectivity index (χ0v) is 13.2. The Morgan fingerprint density at radius 3 is 2.62 bits per heavy atom. The second-order valence-electron chi connectivity index (χ2n) is 5.09. The first-order valence-electron chi connectivity index (χ1n) is 7.25. The predicted molar refractivity (Wildman–Crippen MR) is 86.0 cm³/mol. The molecule has 0 fully saturated rings. The molecule has 1 unspecified atom stereocenters. The summed E-state index contributed by atoms with van der Waals surface area (Å²) in [6.45, 7) is 3.52. The van der Waals surface area contributed by atoms with E-state index in [9.17, 15) is 19.7 Å². The second kappa shape index (κ2) is 7.40. The van der Waals surface area contributed by atoms with Crippen LogP contribution in [0.5, 0.6) is 0 Å². The van der Waals surface area contributed by atoms with Gasteiger partial charge in [-0.2, -0.15) is 0 Å². The number of benzene rings is 1. The van der Waals surface area contributed by atoms with Crippen molar-refractivity contribution in [3.63, 3.8) is 0 Å². The van der Waals surface area contributed by atoms with E-state index in [0.29, 0.717) is 11.3 Å². The van der Waals surface area contributed by atoms with E-state index in [4.69, 9.17) is 4.74 Å². The van der Waals surface area contributed by atoms with Crippen molar-refractivity contribution in [2.45, 2.75) is 19.9 Å². The molecule has 24 heavy (non-hydrogen) atoms. The molecule has 0 aliphatic carbocycles. The molecule has 1 aromatic rings. The van der Waals surface area contributed by atoms with Crippen LogP contribution >= 0.6 is 0 Å². The Morgan fingerprint density at radius 2 is 2.04 bits per heavy atom. The highest BCUT2D eigenvalue weighted by Gasteiger charge is 2.32. The van der Waals surface area contributed by atoms with E-state index in [2.05, 4.69) is 10.6 Å². The van der Waals surface area contributed by atoms with Crippen LogP contribution in [-0.2, 0) is 9.53 Å². The number of urea groups is 1. The Labute approximate surface area is 138 Å². The van der Waals surface area contributed by atoms with Gasteiger partial charge in [-0.15, -0.1) is 0 Å². The summed E-state index contributed by atoms with van der Waals surface area (Å²) >= 11 is 0. The number of nitro benzene ring substituents is 1. The normalized spacial score (nSPS) is 17.4. The fraction of sp³-hybridized carbons (Fsp3) is 0.250. The fourth-order valence-electron chi connectivity index (χ4n) is 2.30. The van der Waals surface area contributed by atoms with Crippen molar-refractivity contribution in [3.8, 4) is 0 Å². The molecule has 0 radical (unpaired) electrons. The maximum absolute atomic E-state index is 12.3. The van der Waals surface area contributed by atoms with Crippen molar-refractivity contribution < 1.29 is 19.2 Å². The predicted octanol–water partition coefficient (Wildman–Crippen LogP) is 2.34. The van der Waals surface area contributed by atoms with Crippen LogP contribution in [-0.4, -0.2) is 23.5 Å². The highest BCUT2D eigenvalue weighted by atomic mass is 16.6. The first kappa shape index (κ1) is 17.2. The number of hydrogen-bond acceptors (Lipinski definition) is 5. The van der Waals surface area contributed by atoms with E-state index < -0.39 is 23.0 Å². The van der Waals surface area contributed by atoms with Gasteiger partial charge >= 0.3 is 12.0 Å². The summed E-state index contributed by atoms with van der Waals surface area (Å²) in [6.07, 6.45) is 3.44. The number of nitro groups is 1. The van der Waals surface area contributed by atoms with Crippen molar-refractivity contribution >= 4 is 17.7 Å². The second-order valence-corrected chi connectivity index (χ2v) is 5.09. The highest BCUT2D eigenvalue weighted by Crippen LogP contribution is 2.28. The summed E-state index contributed by atoms with van der Waals surface area (Å²) < 4.78 is 5.16. The number of amides is 2. The lowest BCUT2D eigenvalue weighted by atomic mass is 9.95.